The Morgan fingerprint density at radius 3 is 2.63 bits per heavy atom. The lowest BCUT2D eigenvalue weighted by molar-refractivity contribution is -0.113. The minimum Gasteiger partial charge on any atom is -0.348 e. The number of aromatic nitrogens is 2. The highest BCUT2D eigenvalue weighted by atomic mass is 32.2. The van der Waals surface area contributed by atoms with Crippen LogP contribution in [-0.4, -0.2) is 27.8 Å². The standard InChI is InChI=1S/C19H18N4O2S2/c1-13-6-8-14(9-7-13)10-20-18(25)15-4-2-3-5-16(15)22-17(24)11-26-19-23-21-12-27-19/h2-9,12H,10-11H2,1H3,(H,20,25)(H,22,24). The highest BCUT2D eigenvalue weighted by molar-refractivity contribution is 8.01. The fourth-order valence-electron chi connectivity index (χ4n) is 2.31. The number of hydrogen-bond acceptors (Lipinski definition) is 6. The third-order valence-electron chi connectivity index (χ3n) is 3.69. The molecule has 0 atom stereocenters. The molecule has 0 bridgehead atoms. The summed E-state index contributed by atoms with van der Waals surface area (Å²) in [6.07, 6.45) is 0. The van der Waals surface area contributed by atoms with Crippen molar-refractivity contribution in [2.24, 2.45) is 0 Å². The van der Waals surface area contributed by atoms with E-state index in [1.54, 1.807) is 29.8 Å². The van der Waals surface area contributed by atoms with Gasteiger partial charge in [-0.3, -0.25) is 9.59 Å². The fourth-order valence-corrected chi connectivity index (χ4v) is 3.60. The summed E-state index contributed by atoms with van der Waals surface area (Å²) in [7, 11) is 0. The minimum absolute atomic E-state index is 0.200. The first-order valence-corrected chi connectivity index (χ1v) is 10.1. The Bertz CT molecular complexity index is 912. The average molecular weight is 399 g/mol. The predicted molar refractivity (Wildman–Crippen MR) is 108 cm³/mol. The van der Waals surface area contributed by atoms with Crippen molar-refractivity contribution in [3.8, 4) is 0 Å². The molecule has 2 amide bonds. The zero-order valence-corrected chi connectivity index (χ0v) is 16.3. The third kappa shape index (κ3) is 5.63. The third-order valence-corrected chi connectivity index (χ3v) is 5.55. The van der Waals surface area contributed by atoms with E-state index >= 15 is 0 Å². The van der Waals surface area contributed by atoms with Crippen LogP contribution in [0.15, 0.2) is 58.4 Å². The molecule has 2 aromatic carbocycles. The van der Waals surface area contributed by atoms with Crippen LogP contribution in [0.1, 0.15) is 21.5 Å². The van der Waals surface area contributed by atoms with E-state index in [4.69, 9.17) is 0 Å². The molecule has 2 N–H and O–H groups in total. The van der Waals surface area contributed by atoms with Crippen LogP contribution in [0.4, 0.5) is 5.69 Å². The second-order valence-corrected chi connectivity index (χ2v) is 7.81. The van der Waals surface area contributed by atoms with Gasteiger partial charge in [-0.05, 0) is 24.6 Å². The highest BCUT2D eigenvalue weighted by Gasteiger charge is 2.13. The zero-order chi connectivity index (χ0) is 19.1. The van der Waals surface area contributed by atoms with Crippen molar-refractivity contribution in [2.75, 3.05) is 11.1 Å². The van der Waals surface area contributed by atoms with Gasteiger partial charge in [0.05, 0.1) is 17.0 Å². The van der Waals surface area contributed by atoms with Crippen molar-refractivity contribution in [2.45, 2.75) is 17.8 Å². The number of hydrogen-bond donors (Lipinski definition) is 2. The molecule has 0 radical (unpaired) electrons. The molecule has 0 aliphatic carbocycles. The van der Waals surface area contributed by atoms with E-state index < -0.39 is 0 Å². The summed E-state index contributed by atoms with van der Waals surface area (Å²) in [5.74, 6) is -0.230. The molecule has 0 fully saturated rings. The molecule has 8 heteroatoms. The molecule has 3 aromatic rings. The Balaban J connectivity index is 1.59. The van der Waals surface area contributed by atoms with Crippen LogP contribution in [0.2, 0.25) is 0 Å². The molecule has 6 nitrogen and oxygen atoms in total. The van der Waals surface area contributed by atoms with E-state index in [1.807, 2.05) is 31.2 Å². The van der Waals surface area contributed by atoms with E-state index in [0.717, 1.165) is 9.90 Å². The van der Waals surface area contributed by atoms with Gasteiger partial charge in [0, 0.05) is 6.54 Å². The van der Waals surface area contributed by atoms with Crippen LogP contribution in [0.25, 0.3) is 0 Å². The van der Waals surface area contributed by atoms with Crippen molar-refractivity contribution >= 4 is 40.6 Å². The predicted octanol–water partition coefficient (Wildman–Crippen LogP) is 3.51. The molecule has 27 heavy (non-hydrogen) atoms. The summed E-state index contributed by atoms with van der Waals surface area (Å²) < 4.78 is 0.731. The van der Waals surface area contributed by atoms with Crippen molar-refractivity contribution in [3.63, 3.8) is 0 Å². The zero-order valence-electron chi connectivity index (χ0n) is 14.6. The first-order valence-electron chi connectivity index (χ1n) is 8.23. The summed E-state index contributed by atoms with van der Waals surface area (Å²) in [5, 5.41) is 13.3. The van der Waals surface area contributed by atoms with Crippen LogP contribution in [-0.2, 0) is 11.3 Å². The average Bonchev–Trinajstić information content (AvgIpc) is 3.20. The van der Waals surface area contributed by atoms with Gasteiger partial charge in [-0.2, -0.15) is 0 Å². The smallest absolute Gasteiger partial charge is 0.253 e. The van der Waals surface area contributed by atoms with Crippen LogP contribution in [0.5, 0.6) is 0 Å². The van der Waals surface area contributed by atoms with Gasteiger partial charge in [0.1, 0.15) is 5.51 Å². The number of carbonyl (C=O) groups excluding carboxylic acids is 2. The molecule has 0 saturated carbocycles. The summed E-state index contributed by atoms with van der Waals surface area (Å²) in [4.78, 5) is 24.7. The SMILES string of the molecule is Cc1ccc(CNC(=O)c2ccccc2NC(=O)CSc2nncs2)cc1. The van der Waals surface area contributed by atoms with Gasteiger partial charge in [0.15, 0.2) is 4.34 Å². The summed E-state index contributed by atoms with van der Waals surface area (Å²) in [5.41, 5.74) is 4.72. The number of rotatable bonds is 7. The topological polar surface area (TPSA) is 84.0 Å². The van der Waals surface area contributed by atoms with Crippen molar-refractivity contribution in [1.29, 1.82) is 0 Å². The number of amides is 2. The Labute approximate surface area is 165 Å². The number of para-hydroxylation sites is 1. The number of anilines is 1. The van der Waals surface area contributed by atoms with Gasteiger partial charge in [0.25, 0.3) is 5.91 Å². The van der Waals surface area contributed by atoms with Crippen molar-refractivity contribution in [1.82, 2.24) is 15.5 Å². The Morgan fingerprint density at radius 1 is 1.11 bits per heavy atom. The quantitative estimate of drug-likeness (QED) is 0.595. The van der Waals surface area contributed by atoms with E-state index in [9.17, 15) is 9.59 Å². The first-order chi connectivity index (χ1) is 13.1. The van der Waals surface area contributed by atoms with Gasteiger partial charge in [-0.25, -0.2) is 0 Å². The lowest BCUT2D eigenvalue weighted by atomic mass is 10.1. The number of carbonyl (C=O) groups is 2. The molecule has 1 heterocycles. The molecule has 0 saturated heterocycles. The van der Waals surface area contributed by atoms with Gasteiger partial charge in [0.2, 0.25) is 5.91 Å². The van der Waals surface area contributed by atoms with Crippen LogP contribution < -0.4 is 10.6 Å². The van der Waals surface area contributed by atoms with E-state index in [2.05, 4.69) is 20.8 Å². The number of thioether (sulfide) groups is 1. The number of nitrogens with one attached hydrogen (secondary N) is 2. The molecule has 0 spiro atoms. The summed E-state index contributed by atoms with van der Waals surface area (Å²) >= 11 is 2.69. The molecule has 3 rings (SSSR count). The number of aryl methyl sites for hydroxylation is 1. The second kappa shape index (κ2) is 9.29. The Morgan fingerprint density at radius 2 is 1.89 bits per heavy atom. The molecule has 0 unspecified atom stereocenters. The van der Waals surface area contributed by atoms with Gasteiger partial charge in [-0.15, -0.1) is 10.2 Å². The van der Waals surface area contributed by atoms with Crippen LogP contribution >= 0.6 is 23.1 Å². The Hall–Kier alpha value is -2.71. The maximum Gasteiger partial charge on any atom is 0.253 e. The molecular weight excluding hydrogens is 380 g/mol. The van der Waals surface area contributed by atoms with Crippen molar-refractivity contribution in [3.05, 3.63) is 70.7 Å². The maximum atomic E-state index is 12.5. The largest absolute Gasteiger partial charge is 0.348 e. The molecule has 138 valence electrons. The molecule has 0 aliphatic rings. The van der Waals surface area contributed by atoms with Gasteiger partial charge >= 0.3 is 0 Å². The first kappa shape index (κ1) is 19.1. The van der Waals surface area contributed by atoms with Crippen molar-refractivity contribution < 1.29 is 9.59 Å². The van der Waals surface area contributed by atoms with Gasteiger partial charge in [-0.1, -0.05) is 65.1 Å². The van der Waals surface area contributed by atoms with E-state index in [1.165, 1.54) is 28.7 Å². The molecular formula is C19H18N4O2S2. The van der Waals surface area contributed by atoms with Gasteiger partial charge < -0.3 is 10.6 Å². The summed E-state index contributed by atoms with van der Waals surface area (Å²) in [6.45, 7) is 2.44. The fraction of sp³-hybridized carbons (Fsp3) is 0.158. The second-order valence-electron chi connectivity index (χ2n) is 5.76. The van der Waals surface area contributed by atoms with E-state index in [0.29, 0.717) is 17.8 Å². The normalized spacial score (nSPS) is 10.4. The molecule has 1 aromatic heterocycles. The lowest BCUT2D eigenvalue weighted by Crippen LogP contribution is -2.25. The number of nitrogens with zero attached hydrogens (tertiary/aromatic N) is 2. The van der Waals surface area contributed by atoms with Crippen LogP contribution in [0.3, 0.4) is 0 Å². The molecule has 0 aliphatic heterocycles. The van der Waals surface area contributed by atoms with Crippen LogP contribution in [0, 0.1) is 6.92 Å². The number of benzene rings is 2. The summed E-state index contributed by atoms with van der Waals surface area (Å²) in [6, 6.07) is 14.9. The highest BCUT2D eigenvalue weighted by Crippen LogP contribution is 2.20. The monoisotopic (exact) mass is 398 g/mol. The minimum atomic E-state index is -0.233. The maximum absolute atomic E-state index is 12.5. The van der Waals surface area contributed by atoms with E-state index in [-0.39, 0.29) is 17.6 Å². The lowest BCUT2D eigenvalue weighted by Gasteiger charge is -2.11. The Kier molecular flexibility index (Phi) is 6.56.